The zero-order valence-corrected chi connectivity index (χ0v) is 15.7. The van der Waals surface area contributed by atoms with E-state index < -0.39 is 82.0 Å². The summed E-state index contributed by atoms with van der Waals surface area (Å²) in [6, 6.07) is 0. The lowest BCUT2D eigenvalue weighted by Crippen LogP contribution is -2.13. The Kier molecular flexibility index (Phi) is 6.39. The topological polar surface area (TPSA) is 46.5 Å². The van der Waals surface area contributed by atoms with Gasteiger partial charge in [0, 0.05) is 18.1 Å². The average Bonchev–Trinajstić information content (AvgIpc) is 3.20. The summed E-state index contributed by atoms with van der Waals surface area (Å²) < 4.78 is 98.7. The lowest BCUT2D eigenvalue weighted by molar-refractivity contribution is -0.132. The molecule has 2 rings (SSSR count). The van der Waals surface area contributed by atoms with Crippen molar-refractivity contribution in [3.05, 3.63) is 56.7 Å². The predicted molar refractivity (Wildman–Crippen MR) is 88.1 cm³/mol. The van der Waals surface area contributed by atoms with Gasteiger partial charge < -0.3 is 9.84 Å². The molecule has 0 fully saturated rings. The van der Waals surface area contributed by atoms with Crippen LogP contribution < -0.4 is 0 Å². The highest BCUT2D eigenvalue weighted by molar-refractivity contribution is 6.30. The van der Waals surface area contributed by atoms with Gasteiger partial charge in [-0.25, -0.2) is 22.4 Å². The monoisotopic (exact) mass is 446 g/mol. The third-order valence-corrected chi connectivity index (χ3v) is 5.04. The molecule has 0 spiro atoms. The summed E-state index contributed by atoms with van der Waals surface area (Å²) in [5.74, 6) is -8.22. The quantitative estimate of drug-likeness (QED) is 0.450. The lowest BCUT2D eigenvalue weighted by Gasteiger charge is -2.16. The minimum absolute atomic E-state index is 0.287. The second-order valence-electron chi connectivity index (χ2n) is 6.56. The van der Waals surface area contributed by atoms with Gasteiger partial charge in [0.15, 0.2) is 23.3 Å². The summed E-state index contributed by atoms with van der Waals surface area (Å²) in [7, 11) is 1.07. The maximum absolute atomic E-state index is 14.2. The van der Waals surface area contributed by atoms with Crippen LogP contribution in [0.5, 0.6) is 0 Å². The average molecular weight is 447 g/mol. The fourth-order valence-electron chi connectivity index (χ4n) is 3.08. The molecule has 0 radical (unpaired) electrons. The van der Waals surface area contributed by atoms with Gasteiger partial charge in [0.1, 0.15) is 5.03 Å². The Bertz CT molecular complexity index is 892. The van der Waals surface area contributed by atoms with Crippen molar-refractivity contribution in [3.63, 3.8) is 0 Å². The van der Waals surface area contributed by atoms with E-state index in [0.717, 1.165) is 7.11 Å². The minimum Gasteiger partial charge on any atom is -0.478 e. The van der Waals surface area contributed by atoms with Crippen molar-refractivity contribution in [3.8, 4) is 0 Å². The molecule has 3 nitrogen and oxygen atoms in total. The van der Waals surface area contributed by atoms with E-state index in [9.17, 15) is 40.6 Å². The summed E-state index contributed by atoms with van der Waals surface area (Å²) in [6.45, 7) is 0.504. The first kappa shape index (κ1) is 23.2. The molecule has 0 heterocycles. The molecule has 0 aromatic heterocycles. The molecule has 1 aliphatic carbocycles. The van der Waals surface area contributed by atoms with Gasteiger partial charge in [-0.1, -0.05) is 18.5 Å². The van der Waals surface area contributed by atoms with E-state index in [1.54, 1.807) is 0 Å². The molecule has 1 aromatic rings. The van der Waals surface area contributed by atoms with Gasteiger partial charge in [-0.3, -0.25) is 0 Å². The third-order valence-electron chi connectivity index (χ3n) is 4.72. The van der Waals surface area contributed by atoms with Crippen LogP contribution in [-0.2, 0) is 22.6 Å². The van der Waals surface area contributed by atoms with Crippen molar-refractivity contribution < 1.29 is 45.4 Å². The standard InChI is InChI=1S/C18H14ClF7O3/c1-17(9(11(17)16(27)28)5-10(19)18(24,25)26)4-3-7-12(20)14(22)8(6-29-2)15(23)13(7)21/h5H,3-4,6H2,1-2H3,(H,27,28). The predicted octanol–water partition coefficient (Wildman–Crippen LogP) is 5.41. The number of halogens is 8. The van der Waals surface area contributed by atoms with Gasteiger partial charge in [0.2, 0.25) is 0 Å². The van der Waals surface area contributed by atoms with E-state index in [0.29, 0.717) is 6.08 Å². The molecular weight excluding hydrogens is 433 g/mol. The molecule has 0 bridgehead atoms. The molecule has 160 valence electrons. The Labute approximate surface area is 165 Å². The van der Waals surface area contributed by atoms with Crippen LogP contribution >= 0.6 is 11.6 Å². The Balaban J connectivity index is 2.34. The molecule has 0 aliphatic heterocycles. The van der Waals surface area contributed by atoms with Gasteiger partial charge in [-0.2, -0.15) is 13.2 Å². The minimum atomic E-state index is -4.91. The van der Waals surface area contributed by atoms with Gasteiger partial charge in [0.25, 0.3) is 0 Å². The first-order chi connectivity index (χ1) is 13.3. The first-order valence-corrected chi connectivity index (χ1v) is 8.40. The summed E-state index contributed by atoms with van der Waals surface area (Å²) in [5, 5.41) is 7.60. The molecule has 1 N–H and O–H groups in total. The van der Waals surface area contributed by atoms with E-state index in [-0.39, 0.29) is 5.57 Å². The molecule has 1 aromatic carbocycles. The smallest absolute Gasteiger partial charge is 0.426 e. The molecule has 29 heavy (non-hydrogen) atoms. The Morgan fingerprint density at radius 3 is 2.00 bits per heavy atom. The normalized spacial score (nSPS) is 19.7. The van der Waals surface area contributed by atoms with Gasteiger partial charge in [-0.05, 0) is 24.5 Å². The summed E-state index contributed by atoms with van der Waals surface area (Å²) >= 11 is 5.12. The van der Waals surface area contributed by atoms with Crippen LogP contribution in [0.4, 0.5) is 30.7 Å². The summed E-state index contributed by atoms with van der Waals surface area (Å²) in [4.78, 5) is 11.3. The van der Waals surface area contributed by atoms with Crippen LogP contribution in [0.3, 0.4) is 0 Å². The molecule has 0 amide bonds. The van der Waals surface area contributed by atoms with E-state index >= 15 is 0 Å². The number of rotatable bonds is 7. The number of ether oxygens (including phenoxy) is 1. The number of aliphatic carboxylic acids is 1. The highest BCUT2D eigenvalue weighted by Gasteiger charge is 2.52. The number of hydrogen-bond donors (Lipinski definition) is 1. The molecule has 1 aliphatic rings. The van der Waals surface area contributed by atoms with Crippen molar-refractivity contribution in [1.29, 1.82) is 0 Å². The van der Waals surface area contributed by atoms with E-state index in [1.165, 1.54) is 6.92 Å². The van der Waals surface area contributed by atoms with E-state index in [2.05, 4.69) is 4.74 Å². The number of benzene rings is 1. The molecule has 0 saturated heterocycles. The zero-order valence-electron chi connectivity index (χ0n) is 15.0. The second-order valence-corrected chi connectivity index (χ2v) is 6.97. The molecule has 0 saturated carbocycles. The lowest BCUT2D eigenvalue weighted by atomic mass is 9.90. The van der Waals surface area contributed by atoms with Crippen molar-refractivity contribution in [1.82, 2.24) is 0 Å². The SMILES string of the molecule is COCc1c(F)c(F)c(CCC2(C)C(C=C(Cl)C(F)(F)F)=C2C(=O)O)c(F)c1F. The van der Waals surface area contributed by atoms with Crippen LogP contribution in [0, 0.1) is 28.7 Å². The number of alkyl halides is 3. The number of carboxylic acid groups (broad SMARTS) is 1. The van der Waals surface area contributed by atoms with Gasteiger partial charge >= 0.3 is 12.1 Å². The maximum Gasteiger partial charge on any atom is 0.426 e. The van der Waals surface area contributed by atoms with Crippen LogP contribution in [0.15, 0.2) is 22.3 Å². The van der Waals surface area contributed by atoms with Gasteiger partial charge in [0.05, 0.1) is 17.7 Å². The number of hydrogen-bond acceptors (Lipinski definition) is 2. The summed E-state index contributed by atoms with van der Waals surface area (Å²) in [6.07, 6.45) is -5.59. The fraction of sp³-hybridized carbons (Fsp3) is 0.389. The molecule has 11 heteroatoms. The Morgan fingerprint density at radius 1 is 1.10 bits per heavy atom. The van der Waals surface area contributed by atoms with Crippen LogP contribution in [0.1, 0.15) is 24.5 Å². The van der Waals surface area contributed by atoms with Gasteiger partial charge in [-0.15, -0.1) is 0 Å². The van der Waals surface area contributed by atoms with Crippen LogP contribution in [0.2, 0.25) is 0 Å². The Hall–Kier alpha value is -2.07. The number of carbonyl (C=O) groups is 1. The highest BCUT2D eigenvalue weighted by atomic mass is 35.5. The number of methoxy groups -OCH3 is 1. The summed E-state index contributed by atoms with van der Waals surface area (Å²) in [5.41, 5.74) is -4.16. The first-order valence-electron chi connectivity index (χ1n) is 8.02. The fourth-order valence-corrected chi connectivity index (χ4v) is 3.19. The van der Waals surface area contributed by atoms with Crippen LogP contribution in [-0.4, -0.2) is 24.4 Å². The highest BCUT2D eigenvalue weighted by Crippen LogP contribution is 2.57. The van der Waals surface area contributed by atoms with Crippen molar-refractivity contribution in [2.75, 3.05) is 7.11 Å². The number of allylic oxidation sites excluding steroid dienone is 3. The second kappa shape index (κ2) is 7.98. The van der Waals surface area contributed by atoms with Crippen molar-refractivity contribution in [2.45, 2.75) is 32.5 Å². The zero-order chi connectivity index (χ0) is 22.3. The van der Waals surface area contributed by atoms with Crippen molar-refractivity contribution >= 4 is 17.6 Å². The largest absolute Gasteiger partial charge is 0.478 e. The Morgan fingerprint density at radius 2 is 1.59 bits per heavy atom. The van der Waals surface area contributed by atoms with Crippen molar-refractivity contribution in [2.24, 2.45) is 5.41 Å². The van der Waals surface area contributed by atoms with Crippen LogP contribution in [0.25, 0.3) is 0 Å². The number of carboxylic acids is 1. The molecular formula is C18H14ClF7O3. The third kappa shape index (κ3) is 4.28. The molecule has 1 atom stereocenters. The molecule has 1 unspecified atom stereocenters. The van der Waals surface area contributed by atoms with E-state index in [1.807, 2.05) is 0 Å². The van der Waals surface area contributed by atoms with E-state index in [4.69, 9.17) is 11.6 Å². The maximum atomic E-state index is 14.2.